The van der Waals surface area contributed by atoms with E-state index in [1.54, 1.807) is 0 Å². The van der Waals surface area contributed by atoms with E-state index in [-0.39, 0.29) is 17.9 Å². The van der Waals surface area contributed by atoms with Crippen molar-refractivity contribution in [3.8, 4) is 11.8 Å². The van der Waals surface area contributed by atoms with Crippen molar-refractivity contribution < 1.29 is 9.53 Å². The fourth-order valence-corrected chi connectivity index (χ4v) is 2.30. The Balaban J connectivity index is 2.30. The van der Waals surface area contributed by atoms with Crippen LogP contribution >= 0.6 is 0 Å². The minimum Gasteiger partial charge on any atom is -0.374 e. The van der Waals surface area contributed by atoms with Gasteiger partial charge < -0.3 is 10.1 Å². The average molecular weight is 294 g/mol. The lowest BCUT2D eigenvalue weighted by Crippen LogP contribution is -2.48. The molecule has 1 unspecified atom stereocenters. The van der Waals surface area contributed by atoms with Crippen LogP contribution in [-0.4, -0.2) is 49.7 Å². The molecule has 1 rings (SSSR count). The molecule has 0 saturated carbocycles. The summed E-state index contributed by atoms with van der Waals surface area (Å²) in [6.07, 6.45) is 2.43. The number of amides is 1. The van der Waals surface area contributed by atoms with E-state index in [1.165, 1.54) is 12.8 Å². The summed E-state index contributed by atoms with van der Waals surface area (Å²) >= 11 is 0. The van der Waals surface area contributed by atoms with Gasteiger partial charge in [-0.05, 0) is 6.42 Å². The summed E-state index contributed by atoms with van der Waals surface area (Å²) in [6, 6.07) is 0. The summed E-state index contributed by atoms with van der Waals surface area (Å²) in [6.45, 7) is 12.0. The number of nitrogens with zero attached hydrogens (tertiary/aromatic N) is 1. The van der Waals surface area contributed by atoms with Crippen LogP contribution in [0.25, 0.3) is 0 Å². The van der Waals surface area contributed by atoms with Gasteiger partial charge in [0.05, 0.1) is 19.3 Å². The Hall–Kier alpha value is -1.05. The molecule has 120 valence electrons. The first-order chi connectivity index (χ1) is 10.0. The molecule has 1 aliphatic rings. The van der Waals surface area contributed by atoms with Crippen LogP contribution in [0.4, 0.5) is 0 Å². The van der Waals surface area contributed by atoms with Crippen LogP contribution in [0.15, 0.2) is 0 Å². The Kier molecular flexibility index (Phi) is 8.41. The largest absolute Gasteiger partial charge is 0.374 e. The highest BCUT2D eigenvalue weighted by Gasteiger charge is 2.20. The molecule has 0 aromatic carbocycles. The van der Waals surface area contributed by atoms with Crippen LogP contribution < -0.4 is 5.32 Å². The third-order valence-electron chi connectivity index (χ3n) is 3.62. The van der Waals surface area contributed by atoms with Crippen molar-refractivity contribution in [2.24, 2.45) is 11.8 Å². The van der Waals surface area contributed by atoms with Crippen molar-refractivity contribution in [3.63, 3.8) is 0 Å². The second-order valence-corrected chi connectivity index (χ2v) is 6.14. The monoisotopic (exact) mass is 294 g/mol. The molecule has 0 radical (unpaired) electrons. The van der Waals surface area contributed by atoms with E-state index >= 15 is 0 Å². The first-order valence-corrected chi connectivity index (χ1v) is 8.13. The summed E-state index contributed by atoms with van der Waals surface area (Å²) in [4.78, 5) is 13.9. The summed E-state index contributed by atoms with van der Waals surface area (Å²) in [7, 11) is 0. The Morgan fingerprint density at radius 3 is 2.86 bits per heavy atom. The fourth-order valence-electron chi connectivity index (χ4n) is 2.30. The topological polar surface area (TPSA) is 41.6 Å². The van der Waals surface area contributed by atoms with E-state index in [1.807, 2.05) is 13.8 Å². The Labute approximate surface area is 129 Å². The molecule has 0 aromatic heterocycles. The van der Waals surface area contributed by atoms with Crippen LogP contribution in [0.3, 0.4) is 0 Å². The van der Waals surface area contributed by atoms with Crippen LogP contribution in [0.5, 0.6) is 0 Å². The fraction of sp³-hybridized carbons (Fsp3) is 0.824. The van der Waals surface area contributed by atoms with Gasteiger partial charge in [-0.25, -0.2) is 0 Å². The second kappa shape index (κ2) is 9.81. The normalized spacial score (nSPS) is 20.7. The third kappa shape index (κ3) is 7.50. The molecule has 1 fully saturated rings. The van der Waals surface area contributed by atoms with Crippen molar-refractivity contribution >= 4 is 5.91 Å². The Morgan fingerprint density at radius 1 is 1.43 bits per heavy atom. The molecule has 0 aromatic rings. The lowest BCUT2D eigenvalue weighted by Gasteiger charge is -2.31. The number of hydrogen-bond donors (Lipinski definition) is 1. The minimum atomic E-state index is 0.0237. The molecule has 1 aliphatic heterocycles. The van der Waals surface area contributed by atoms with Crippen molar-refractivity contribution in [2.45, 2.75) is 46.6 Å². The van der Waals surface area contributed by atoms with Crippen LogP contribution in [0.1, 0.15) is 40.5 Å². The third-order valence-corrected chi connectivity index (χ3v) is 3.62. The van der Waals surface area contributed by atoms with Crippen LogP contribution in [-0.2, 0) is 9.53 Å². The van der Waals surface area contributed by atoms with Gasteiger partial charge in [-0.15, -0.1) is 0 Å². The molecule has 1 amide bonds. The zero-order valence-electron chi connectivity index (χ0n) is 13.9. The lowest BCUT2D eigenvalue weighted by molar-refractivity contribution is -0.125. The molecule has 1 N–H and O–H groups in total. The predicted molar refractivity (Wildman–Crippen MR) is 85.9 cm³/mol. The van der Waals surface area contributed by atoms with Crippen molar-refractivity contribution in [1.82, 2.24) is 10.2 Å². The maximum Gasteiger partial charge on any atom is 0.222 e. The molecule has 1 saturated heterocycles. The number of nitrogens with one attached hydrogen (secondary N) is 1. The van der Waals surface area contributed by atoms with Gasteiger partial charge in [-0.2, -0.15) is 0 Å². The predicted octanol–water partition coefficient (Wildman–Crippen LogP) is 1.90. The number of carbonyl (C=O) groups is 1. The first-order valence-electron chi connectivity index (χ1n) is 8.13. The van der Waals surface area contributed by atoms with E-state index in [2.05, 4.69) is 35.9 Å². The maximum absolute atomic E-state index is 11.6. The molecule has 0 bridgehead atoms. The minimum absolute atomic E-state index is 0.0237. The number of carbonyl (C=O) groups excluding carboxylic acids is 1. The maximum atomic E-state index is 11.6. The van der Waals surface area contributed by atoms with Crippen molar-refractivity contribution in [3.05, 3.63) is 0 Å². The SMILES string of the molecule is CCCC(C)C#CCN1CCO[C@@H](CNC(=O)C(C)C)C1. The number of hydrogen-bond acceptors (Lipinski definition) is 3. The average Bonchev–Trinajstić information content (AvgIpc) is 2.45. The smallest absolute Gasteiger partial charge is 0.222 e. The zero-order valence-corrected chi connectivity index (χ0v) is 13.9. The number of ether oxygens (including phenoxy) is 1. The molecule has 0 spiro atoms. The summed E-state index contributed by atoms with van der Waals surface area (Å²) in [5.41, 5.74) is 0. The first kappa shape index (κ1) is 18.0. The molecular formula is C17H30N2O2. The summed E-state index contributed by atoms with van der Waals surface area (Å²) in [5, 5.41) is 2.94. The molecule has 21 heavy (non-hydrogen) atoms. The van der Waals surface area contributed by atoms with Gasteiger partial charge in [0.1, 0.15) is 0 Å². The molecule has 4 nitrogen and oxygen atoms in total. The van der Waals surface area contributed by atoms with Gasteiger partial charge in [0.2, 0.25) is 5.91 Å². The highest BCUT2D eigenvalue weighted by molar-refractivity contribution is 5.77. The van der Waals surface area contributed by atoms with E-state index in [0.717, 1.165) is 19.6 Å². The van der Waals surface area contributed by atoms with Gasteiger partial charge in [-0.1, -0.05) is 46.0 Å². The number of rotatable bonds is 6. The lowest BCUT2D eigenvalue weighted by atomic mass is 10.1. The van der Waals surface area contributed by atoms with E-state index in [9.17, 15) is 4.79 Å². The van der Waals surface area contributed by atoms with Crippen LogP contribution in [0, 0.1) is 23.7 Å². The highest BCUT2D eigenvalue weighted by atomic mass is 16.5. The van der Waals surface area contributed by atoms with Gasteiger partial charge in [-0.3, -0.25) is 9.69 Å². The molecule has 1 heterocycles. The van der Waals surface area contributed by atoms with Crippen LogP contribution in [0.2, 0.25) is 0 Å². The Bertz CT molecular complexity index is 371. The summed E-state index contributed by atoms with van der Waals surface area (Å²) in [5.74, 6) is 7.18. The van der Waals surface area contributed by atoms with Gasteiger partial charge in [0.25, 0.3) is 0 Å². The van der Waals surface area contributed by atoms with E-state index in [4.69, 9.17) is 4.74 Å². The molecule has 0 aliphatic carbocycles. The van der Waals surface area contributed by atoms with E-state index in [0.29, 0.717) is 19.1 Å². The van der Waals surface area contributed by atoms with Gasteiger partial charge in [0.15, 0.2) is 0 Å². The zero-order chi connectivity index (χ0) is 15.7. The Morgan fingerprint density at radius 2 is 2.19 bits per heavy atom. The summed E-state index contributed by atoms with van der Waals surface area (Å²) < 4.78 is 5.70. The number of morpholine rings is 1. The van der Waals surface area contributed by atoms with Crippen molar-refractivity contribution in [2.75, 3.05) is 32.8 Å². The van der Waals surface area contributed by atoms with Crippen molar-refractivity contribution in [1.29, 1.82) is 0 Å². The van der Waals surface area contributed by atoms with Gasteiger partial charge in [0, 0.05) is 31.5 Å². The quantitative estimate of drug-likeness (QED) is 0.761. The molecule has 2 atom stereocenters. The highest BCUT2D eigenvalue weighted by Crippen LogP contribution is 2.05. The second-order valence-electron chi connectivity index (χ2n) is 6.14. The standard InChI is InChI=1S/C17H30N2O2/c1-5-7-15(4)8-6-9-19-10-11-21-16(13-19)12-18-17(20)14(2)3/h14-16H,5,7,9-13H2,1-4H3,(H,18,20)/t15?,16-/m0/s1. The van der Waals surface area contributed by atoms with E-state index < -0.39 is 0 Å². The molecular weight excluding hydrogens is 264 g/mol. The van der Waals surface area contributed by atoms with Gasteiger partial charge >= 0.3 is 0 Å². The molecule has 4 heteroatoms.